The van der Waals surface area contributed by atoms with Gasteiger partial charge >= 0.3 is 5.97 Å². The molecule has 0 saturated carbocycles. The number of carboxylic acid groups (broad SMARTS) is 1. The second kappa shape index (κ2) is 3.94. The number of aromatic nitrogens is 3. The molecule has 0 amide bonds. The standard InChI is InChI=1S/C13H11N3O3/c1-6-3-4-9-8(5-14-16-9)10(6)11-12(13(17)18)19-7(2)15-11/h3-5H,1-2H3,(H,14,16)(H,17,18). The Morgan fingerprint density at radius 1 is 1.37 bits per heavy atom. The fourth-order valence-corrected chi connectivity index (χ4v) is 2.18. The number of oxazole rings is 1. The number of aryl methyl sites for hydroxylation is 2. The zero-order valence-electron chi connectivity index (χ0n) is 10.4. The van der Waals surface area contributed by atoms with Gasteiger partial charge in [-0.15, -0.1) is 0 Å². The Morgan fingerprint density at radius 2 is 2.16 bits per heavy atom. The van der Waals surface area contributed by atoms with Crippen LogP contribution in [0.5, 0.6) is 0 Å². The molecule has 0 saturated heterocycles. The summed E-state index contributed by atoms with van der Waals surface area (Å²) in [6.45, 7) is 3.53. The van der Waals surface area contributed by atoms with Gasteiger partial charge in [0.25, 0.3) is 0 Å². The highest BCUT2D eigenvalue weighted by Gasteiger charge is 2.22. The second-order valence-corrected chi connectivity index (χ2v) is 4.30. The molecule has 19 heavy (non-hydrogen) atoms. The number of rotatable bonds is 2. The van der Waals surface area contributed by atoms with Crippen LogP contribution in [0, 0.1) is 13.8 Å². The number of carbonyl (C=O) groups is 1. The topological polar surface area (TPSA) is 92.0 Å². The molecular weight excluding hydrogens is 246 g/mol. The van der Waals surface area contributed by atoms with Gasteiger partial charge in [0, 0.05) is 17.9 Å². The molecule has 1 aromatic carbocycles. The molecule has 0 spiro atoms. The van der Waals surface area contributed by atoms with E-state index < -0.39 is 5.97 Å². The van der Waals surface area contributed by atoms with Crippen molar-refractivity contribution in [1.29, 1.82) is 0 Å². The minimum absolute atomic E-state index is 0.144. The molecule has 2 N–H and O–H groups in total. The first-order valence-electron chi connectivity index (χ1n) is 5.71. The van der Waals surface area contributed by atoms with Crippen LogP contribution in [0.15, 0.2) is 22.7 Å². The monoisotopic (exact) mass is 257 g/mol. The van der Waals surface area contributed by atoms with Crippen LogP contribution >= 0.6 is 0 Å². The van der Waals surface area contributed by atoms with Crippen LogP contribution in [-0.2, 0) is 0 Å². The van der Waals surface area contributed by atoms with Gasteiger partial charge in [0.05, 0.1) is 11.7 Å². The van der Waals surface area contributed by atoms with Crippen LogP contribution in [0.2, 0.25) is 0 Å². The molecule has 0 radical (unpaired) electrons. The van der Waals surface area contributed by atoms with Crippen molar-refractivity contribution >= 4 is 16.9 Å². The number of aromatic carboxylic acids is 1. The molecule has 0 aliphatic carbocycles. The molecule has 0 fully saturated rings. The summed E-state index contributed by atoms with van der Waals surface area (Å²) >= 11 is 0. The van der Waals surface area contributed by atoms with E-state index in [-0.39, 0.29) is 5.76 Å². The van der Waals surface area contributed by atoms with Gasteiger partial charge in [-0.2, -0.15) is 5.10 Å². The first-order valence-corrected chi connectivity index (χ1v) is 5.71. The Balaban J connectivity index is 2.38. The molecule has 0 unspecified atom stereocenters. The van der Waals surface area contributed by atoms with Gasteiger partial charge < -0.3 is 9.52 Å². The summed E-state index contributed by atoms with van der Waals surface area (Å²) in [5.41, 5.74) is 2.83. The first kappa shape index (κ1) is 11.5. The average Bonchev–Trinajstić information content (AvgIpc) is 2.95. The van der Waals surface area contributed by atoms with Crippen molar-refractivity contribution in [1.82, 2.24) is 15.2 Å². The SMILES string of the molecule is Cc1nc(-c2c(C)ccc3[nH]ncc23)c(C(=O)O)o1. The molecule has 6 nitrogen and oxygen atoms in total. The Bertz CT molecular complexity index is 786. The van der Waals surface area contributed by atoms with Crippen LogP contribution in [0.3, 0.4) is 0 Å². The van der Waals surface area contributed by atoms with Crippen LogP contribution < -0.4 is 0 Å². The van der Waals surface area contributed by atoms with E-state index in [4.69, 9.17) is 4.42 Å². The lowest BCUT2D eigenvalue weighted by atomic mass is 10.0. The number of aromatic amines is 1. The van der Waals surface area contributed by atoms with E-state index >= 15 is 0 Å². The van der Waals surface area contributed by atoms with E-state index in [1.807, 2.05) is 19.1 Å². The molecule has 0 bridgehead atoms. The van der Waals surface area contributed by atoms with Crippen LogP contribution in [0.1, 0.15) is 22.0 Å². The van der Waals surface area contributed by atoms with Crippen molar-refractivity contribution in [3.05, 3.63) is 35.5 Å². The number of nitrogens with one attached hydrogen (secondary N) is 1. The molecule has 96 valence electrons. The number of hydrogen-bond donors (Lipinski definition) is 2. The van der Waals surface area contributed by atoms with E-state index in [1.54, 1.807) is 13.1 Å². The summed E-state index contributed by atoms with van der Waals surface area (Å²) in [6, 6.07) is 3.79. The van der Waals surface area contributed by atoms with E-state index in [9.17, 15) is 9.90 Å². The molecule has 3 rings (SSSR count). The van der Waals surface area contributed by atoms with Crippen molar-refractivity contribution in [2.45, 2.75) is 13.8 Å². The second-order valence-electron chi connectivity index (χ2n) is 4.30. The molecule has 2 heterocycles. The number of hydrogen-bond acceptors (Lipinski definition) is 4. The summed E-state index contributed by atoms with van der Waals surface area (Å²) in [5, 5.41) is 16.9. The maximum absolute atomic E-state index is 11.2. The zero-order valence-corrected chi connectivity index (χ0v) is 10.4. The van der Waals surface area contributed by atoms with Crippen LogP contribution in [-0.4, -0.2) is 26.3 Å². The van der Waals surface area contributed by atoms with E-state index in [0.29, 0.717) is 11.6 Å². The molecular formula is C13H11N3O3. The lowest BCUT2D eigenvalue weighted by Gasteiger charge is -2.04. The molecule has 0 atom stereocenters. The lowest BCUT2D eigenvalue weighted by Crippen LogP contribution is -1.98. The lowest BCUT2D eigenvalue weighted by molar-refractivity contribution is 0.0662. The predicted octanol–water partition coefficient (Wildman–Crippen LogP) is 2.53. The van der Waals surface area contributed by atoms with Crippen molar-refractivity contribution in [3.63, 3.8) is 0 Å². The van der Waals surface area contributed by atoms with E-state index in [1.165, 1.54) is 0 Å². The fourth-order valence-electron chi connectivity index (χ4n) is 2.18. The molecule has 3 aromatic rings. The van der Waals surface area contributed by atoms with Gasteiger partial charge in [-0.1, -0.05) is 6.07 Å². The summed E-state index contributed by atoms with van der Waals surface area (Å²) in [5.74, 6) is -0.947. The maximum atomic E-state index is 11.2. The maximum Gasteiger partial charge on any atom is 0.374 e. The largest absolute Gasteiger partial charge is 0.475 e. The Kier molecular flexibility index (Phi) is 2.38. The van der Waals surface area contributed by atoms with Gasteiger partial charge in [0.15, 0.2) is 5.89 Å². The third kappa shape index (κ3) is 1.69. The Labute approximate surface area is 108 Å². The van der Waals surface area contributed by atoms with Gasteiger partial charge in [-0.05, 0) is 18.6 Å². The molecule has 0 aliphatic heterocycles. The minimum atomic E-state index is -1.13. The molecule has 6 heteroatoms. The van der Waals surface area contributed by atoms with Gasteiger partial charge in [-0.3, -0.25) is 5.10 Å². The molecule has 0 aliphatic rings. The highest BCUT2D eigenvalue weighted by molar-refractivity contribution is 6.01. The van der Waals surface area contributed by atoms with E-state index in [0.717, 1.165) is 22.0 Å². The van der Waals surface area contributed by atoms with Crippen molar-refractivity contribution in [2.24, 2.45) is 0 Å². The zero-order chi connectivity index (χ0) is 13.6. The number of fused-ring (bicyclic) bond motifs is 1. The first-order chi connectivity index (χ1) is 9.08. The normalized spacial score (nSPS) is 11.1. The van der Waals surface area contributed by atoms with Gasteiger partial charge in [-0.25, -0.2) is 9.78 Å². The highest BCUT2D eigenvalue weighted by Crippen LogP contribution is 2.33. The number of benzene rings is 1. The average molecular weight is 257 g/mol. The third-order valence-electron chi connectivity index (χ3n) is 3.00. The van der Waals surface area contributed by atoms with Crippen LogP contribution in [0.4, 0.5) is 0 Å². The van der Waals surface area contributed by atoms with Crippen molar-refractivity contribution in [3.8, 4) is 11.3 Å². The van der Waals surface area contributed by atoms with Crippen LogP contribution in [0.25, 0.3) is 22.2 Å². The quantitative estimate of drug-likeness (QED) is 0.736. The third-order valence-corrected chi connectivity index (χ3v) is 3.00. The summed E-state index contributed by atoms with van der Waals surface area (Å²) < 4.78 is 5.17. The van der Waals surface area contributed by atoms with E-state index in [2.05, 4.69) is 15.2 Å². The fraction of sp³-hybridized carbons (Fsp3) is 0.154. The van der Waals surface area contributed by atoms with Gasteiger partial charge in [0.1, 0.15) is 5.69 Å². The van der Waals surface area contributed by atoms with Crippen molar-refractivity contribution < 1.29 is 14.3 Å². The summed E-state index contributed by atoms with van der Waals surface area (Å²) in [7, 11) is 0. The van der Waals surface area contributed by atoms with Gasteiger partial charge in [0.2, 0.25) is 5.76 Å². The molecule has 2 aromatic heterocycles. The number of carboxylic acids is 1. The Morgan fingerprint density at radius 3 is 2.89 bits per heavy atom. The Hall–Kier alpha value is -2.63. The van der Waals surface area contributed by atoms with Crippen molar-refractivity contribution in [2.75, 3.05) is 0 Å². The highest BCUT2D eigenvalue weighted by atomic mass is 16.4. The predicted molar refractivity (Wildman–Crippen MR) is 68.0 cm³/mol. The summed E-state index contributed by atoms with van der Waals surface area (Å²) in [6.07, 6.45) is 1.66. The number of H-pyrrole nitrogens is 1. The smallest absolute Gasteiger partial charge is 0.374 e. The summed E-state index contributed by atoms with van der Waals surface area (Å²) in [4.78, 5) is 15.4. The minimum Gasteiger partial charge on any atom is -0.475 e. The number of nitrogens with zero attached hydrogens (tertiary/aromatic N) is 2.